The van der Waals surface area contributed by atoms with E-state index >= 15 is 0 Å². The van der Waals surface area contributed by atoms with Crippen LogP contribution < -0.4 is 15.2 Å². The average Bonchev–Trinajstić information content (AvgIpc) is 2.87. The number of carbonyl (C=O) groups excluding carboxylic acids is 5. The second-order valence-electron chi connectivity index (χ2n) is 8.02. The lowest BCUT2D eigenvalue weighted by Crippen LogP contribution is -2.64. The van der Waals surface area contributed by atoms with Crippen LogP contribution in [-0.4, -0.2) is 94.2 Å². The summed E-state index contributed by atoms with van der Waals surface area (Å²) >= 11 is 0. The van der Waals surface area contributed by atoms with Gasteiger partial charge in [-0.15, -0.1) is 0 Å². The van der Waals surface area contributed by atoms with Gasteiger partial charge in [-0.3, -0.25) is 14.4 Å². The Morgan fingerprint density at radius 3 is 1.95 bits per heavy atom. The van der Waals surface area contributed by atoms with Gasteiger partial charge >= 0.3 is 30.0 Å². The van der Waals surface area contributed by atoms with E-state index in [9.17, 15) is 24.0 Å². The first-order valence-electron chi connectivity index (χ1n) is 11.5. The molecule has 0 saturated carbocycles. The highest BCUT2D eigenvalue weighted by Gasteiger charge is 2.55. The highest BCUT2D eigenvalue weighted by atomic mass is 16.7. The van der Waals surface area contributed by atoms with Crippen molar-refractivity contribution in [1.29, 1.82) is 0 Å². The smallest absolute Gasteiger partial charge is 0.404 e. The van der Waals surface area contributed by atoms with Gasteiger partial charge in [0.25, 0.3) is 0 Å². The van der Waals surface area contributed by atoms with E-state index in [4.69, 9.17) is 48.4 Å². The molecule has 6 atom stereocenters. The van der Waals surface area contributed by atoms with Crippen molar-refractivity contribution in [3.8, 4) is 11.5 Å². The molecular weight excluding hydrogens is 526 g/mol. The number of primary amides is 1. The molecule has 1 aliphatic heterocycles. The fourth-order valence-corrected chi connectivity index (χ4v) is 3.60. The summed E-state index contributed by atoms with van der Waals surface area (Å²) in [4.78, 5) is 59.6. The van der Waals surface area contributed by atoms with E-state index in [1.807, 2.05) is 0 Å². The summed E-state index contributed by atoms with van der Waals surface area (Å²) in [5.41, 5.74) is 5.10. The van der Waals surface area contributed by atoms with Crippen LogP contribution in [0.3, 0.4) is 0 Å². The summed E-state index contributed by atoms with van der Waals surface area (Å²) in [6.45, 7) is 2.42. The predicted octanol–water partition coefficient (Wildman–Crippen LogP) is 0.248. The molecular formula is C24H31NO14. The quantitative estimate of drug-likeness (QED) is 0.271. The van der Waals surface area contributed by atoms with Gasteiger partial charge in [-0.25, -0.2) is 9.59 Å². The average molecular weight is 558 g/mol. The molecule has 0 aromatic heterocycles. The van der Waals surface area contributed by atoms with Crippen molar-refractivity contribution >= 4 is 30.0 Å². The van der Waals surface area contributed by atoms with Crippen LogP contribution in [0.2, 0.25) is 0 Å². The van der Waals surface area contributed by atoms with Gasteiger partial charge in [-0.2, -0.15) is 0 Å². The fourth-order valence-electron chi connectivity index (χ4n) is 3.60. The molecule has 1 fully saturated rings. The summed E-state index contributed by atoms with van der Waals surface area (Å²) in [6.07, 6.45) is -10.3. The Kier molecular flexibility index (Phi) is 11.7. The van der Waals surface area contributed by atoms with Crippen LogP contribution in [0.4, 0.5) is 4.79 Å². The molecule has 0 radical (unpaired) electrons. The largest absolute Gasteiger partial charge is 0.493 e. The number of methoxy groups -OCH3 is 2. The SMILES string of the molecule is COC(=O)[C@H]1O[C@@H](OC(COC(N)=O)COc2ccccc2OC)[C@H](OC(C)=O)[C@@H](OC(C)=O)[C@@H]1OC(C)=O. The number of benzene rings is 1. The standard InChI is InChI=1S/C24H31NO14/c1-12(26)35-18-19(36-13(2)27)21(37-14(3)28)23(39-20(18)22(29)32-5)38-15(11-34-24(25)30)10-33-17-9-7-6-8-16(17)31-4/h6-9,15,18-21,23H,10-11H2,1-5H3,(H2,25,30)/t15?,18-,19-,20-,21+,23+/m0/s1. The van der Waals surface area contributed by atoms with Crippen LogP contribution in [0.15, 0.2) is 24.3 Å². The Balaban J connectivity index is 2.44. The highest BCUT2D eigenvalue weighted by Crippen LogP contribution is 2.31. The lowest BCUT2D eigenvalue weighted by molar-refractivity contribution is -0.313. The van der Waals surface area contributed by atoms with Gasteiger partial charge in [0.2, 0.25) is 0 Å². The molecule has 0 aliphatic carbocycles. The first-order chi connectivity index (χ1) is 18.5. The van der Waals surface area contributed by atoms with Crippen molar-refractivity contribution in [2.24, 2.45) is 5.73 Å². The minimum absolute atomic E-state index is 0.283. The Morgan fingerprint density at radius 1 is 0.846 bits per heavy atom. The lowest BCUT2D eigenvalue weighted by Gasteiger charge is -2.43. The van der Waals surface area contributed by atoms with E-state index in [0.717, 1.165) is 27.9 Å². The minimum atomic E-state index is -1.67. The van der Waals surface area contributed by atoms with Gasteiger partial charge < -0.3 is 48.4 Å². The molecule has 1 aromatic rings. The summed E-state index contributed by atoms with van der Waals surface area (Å²) in [5.74, 6) is -2.86. The third-order valence-corrected chi connectivity index (χ3v) is 5.07. The normalized spacial score (nSPS) is 22.9. The van der Waals surface area contributed by atoms with Crippen LogP contribution in [0.1, 0.15) is 20.8 Å². The van der Waals surface area contributed by atoms with Gasteiger partial charge in [0, 0.05) is 20.8 Å². The van der Waals surface area contributed by atoms with Gasteiger partial charge in [0.05, 0.1) is 14.2 Å². The number of nitrogens with two attached hydrogens (primary N) is 1. The number of hydrogen-bond acceptors (Lipinski definition) is 14. The second kappa shape index (κ2) is 14.7. The monoisotopic (exact) mass is 557 g/mol. The zero-order chi connectivity index (χ0) is 29.1. The van der Waals surface area contributed by atoms with Crippen LogP contribution >= 0.6 is 0 Å². The molecule has 0 spiro atoms. The van der Waals surface area contributed by atoms with E-state index in [2.05, 4.69) is 0 Å². The number of rotatable bonds is 12. The van der Waals surface area contributed by atoms with Crippen molar-refractivity contribution in [3.63, 3.8) is 0 Å². The number of esters is 4. The van der Waals surface area contributed by atoms with Crippen molar-refractivity contribution in [2.45, 2.75) is 57.6 Å². The molecule has 2 rings (SSSR count). The Labute approximate surface area is 223 Å². The van der Waals surface area contributed by atoms with Gasteiger partial charge in [-0.1, -0.05) is 12.1 Å². The maximum Gasteiger partial charge on any atom is 0.404 e. The molecule has 216 valence electrons. The van der Waals surface area contributed by atoms with Gasteiger partial charge in [0.15, 0.2) is 42.2 Å². The third-order valence-electron chi connectivity index (χ3n) is 5.07. The van der Waals surface area contributed by atoms with E-state index in [-0.39, 0.29) is 6.61 Å². The maximum absolute atomic E-state index is 12.6. The molecule has 15 nitrogen and oxygen atoms in total. The molecule has 1 saturated heterocycles. The summed E-state index contributed by atoms with van der Waals surface area (Å²) in [5, 5.41) is 0. The third kappa shape index (κ3) is 9.30. The molecule has 1 heterocycles. The number of amides is 1. The lowest BCUT2D eigenvalue weighted by atomic mass is 9.97. The zero-order valence-corrected chi connectivity index (χ0v) is 22.0. The Hall–Kier alpha value is -4.11. The zero-order valence-electron chi connectivity index (χ0n) is 22.0. The minimum Gasteiger partial charge on any atom is -0.493 e. The fraction of sp³-hybridized carbons (Fsp3) is 0.542. The Bertz CT molecular complexity index is 1030. The molecule has 15 heteroatoms. The van der Waals surface area contributed by atoms with Crippen molar-refractivity contribution in [2.75, 3.05) is 27.4 Å². The van der Waals surface area contributed by atoms with Gasteiger partial charge in [0.1, 0.15) is 19.3 Å². The molecule has 1 unspecified atom stereocenters. The van der Waals surface area contributed by atoms with Crippen LogP contribution in [0.5, 0.6) is 11.5 Å². The van der Waals surface area contributed by atoms with Crippen molar-refractivity contribution in [1.82, 2.24) is 0 Å². The molecule has 39 heavy (non-hydrogen) atoms. The predicted molar refractivity (Wildman–Crippen MR) is 126 cm³/mol. The summed E-state index contributed by atoms with van der Waals surface area (Å²) in [6, 6.07) is 6.66. The van der Waals surface area contributed by atoms with Gasteiger partial charge in [-0.05, 0) is 12.1 Å². The maximum atomic E-state index is 12.6. The van der Waals surface area contributed by atoms with E-state index in [0.29, 0.717) is 11.5 Å². The number of hydrogen-bond donors (Lipinski definition) is 1. The highest BCUT2D eigenvalue weighted by molar-refractivity contribution is 5.77. The van der Waals surface area contributed by atoms with Crippen LogP contribution in [0, 0.1) is 0 Å². The number of carbonyl (C=O) groups is 5. The van der Waals surface area contributed by atoms with E-state index in [1.165, 1.54) is 7.11 Å². The first kappa shape index (κ1) is 31.1. The molecule has 1 amide bonds. The number of ether oxygens (including phenoxy) is 9. The van der Waals surface area contributed by atoms with E-state index in [1.54, 1.807) is 24.3 Å². The summed E-state index contributed by atoms with van der Waals surface area (Å²) < 4.78 is 48.0. The molecule has 2 N–H and O–H groups in total. The Morgan fingerprint density at radius 2 is 1.41 bits per heavy atom. The molecule has 1 aromatic carbocycles. The first-order valence-corrected chi connectivity index (χ1v) is 11.5. The molecule has 0 bridgehead atoms. The number of para-hydroxylation sites is 2. The van der Waals surface area contributed by atoms with Crippen LogP contribution in [-0.2, 0) is 52.3 Å². The van der Waals surface area contributed by atoms with Crippen molar-refractivity contribution < 1.29 is 66.6 Å². The summed E-state index contributed by atoms with van der Waals surface area (Å²) in [7, 11) is 2.49. The van der Waals surface area contributed by atoms with Crippen LogP contribution in [0.25, 0.3) is 0 Å². The van der Waals surface area contributed by atoms with E-state index < -0.39 is 73.4 Å². The van der Waals surface area contributed by atoms with Crippen molar-refractivity contribution in [3.05, 3.63) is 24.3 Å². The molecule has 1 aliphatic rings. The second-order valence-corrected chi connectivity index (χ2v) is 8.02. The topological polar surface area (TPSA) is 194 Å².